The van der Waals surface area contributed by atoms with E-state index in [0.717, 1.165) is 19.3 Å². The standard InChI is InChI=1S/C17H26N2O2/c1-17(2)12-14(10-11-21-17)19-16(20)15(18)9-8-13-6-4-3-5-7-13/h3-7,14-15H,8-12,18H2,1-2H3,(H,19,20). The van der Waals surface area contributed by atoms with Crippen molar-refractivity contribution < 1.29 is 9.53 Å². The number of aryl methyl sites for hydroxylation is 1. The highest BCUT2D eigenvalue weighted by Crippen LogP contribution is 2.23. The third kappa shape index (κ3) is 5.14. The highest BCUT2D eigenvalue weighted by molar-refractivity contribution is 5.81. The summed E-state index contributed by atoms with van der Waals surface area (Å²) in [4.78, 5) is 12.2. The van der Waals surface area contributed by atoms with Gasteiger partial charge in [0.05, 0.1) is 11.6 Å². The second kappa shape index (κ2) is 7.05. The normalized spacial score (nSPS) is 22.5. The highest BCUT2D eigenvalue weighted by Gasteiger charge is 2.30. The van der Waals surface area contributed by atoms with E-state index >= 15 is 0 Å². The van der Waals surface area contributed by atoms with E-state index < -0.39 is 6.04 Å². The lowest BCUT2D eigenvalue weighted by Gasteiger charge is -2.36. The predicted octanol–water partition coefficient (Wildman–Crippen LogP) is 2.02. The molecule has 1 aliphatic rings. The molecule has 21 heavy (non-hydrogen) atoms. The first-order valence-electron chi connectivity index (χ1n) is 7.70. The molecule has 0 spiro atoms. The Morgan fingerprint density at radius 3 is 2.81 bits per heavy atom. The smallest absolute Gasteiger partial charge is 0.237 e. The van der Waals surface area contributed by atoms with Crippen LogP contribution in [0.1, 0.15) is 38.7 Å². The molecule has 0 aliphatic carbocycles. The first-order valence-corrected chi connectivity index (χ1v) is 7.70. The summed E-state index contributed by atoms with van der Waals surface area (Å²) >= 11 is 0. The van der Waals surface area contributed by atoms with E-state index in [0.29, 0.717) is 13.0 Å². The molecule has 2 atom stereocenters. The molecule has 1 aromatic carbocycles. The van der Waals surface area contributed by atoms with Crippen LogP contribution in [-0.4, -0.2) is 30.2 Å². The van der Waals surface area contributed by atoms with Crippen molar-refractivity contribution in [2.75, 3.05) is 6.61 Å². The zero-order valence-electron chi connectivity index (χ0n) is 13.0. The van der Waals surface area contributed by atoms with Gasteiger partial charge in [0.2, 0.25) is 5.91 Å². The Kier molecular flexibility index (Phi) is 5.37. The van der Waals surface area contributed by atoms with Gasteiger partial charge in [-0.1, -0.05) is 30.3 Å². The topological polar surface area (TPSA) is 64.4 Å². The summed E-state index contributed by atoms with van der Waals surface area (Å²) in [6.45, 7) is 4.80. The number of amides is 1. The Labute approximate surface area is 127 Å². The maximum Gasteiger partial charge on any atom is 0.237 e. The number of ether oxygens (including phenoxy) is 1. The van der Waals surface area contributed by atoms with Gasteiger partial charge >= 0.3 is 0 Å². The SMILES string of the molecule is CC1(C)CC(NC(=O)C(N)CCc2ccccc2)CCO1. The fourth-order valence-electron chi connectivity index (χ4n) is 2.76. The van der Waals surface area contributed by atoms with Crippen molar-refractivity contribution in [3.8, 4) is 0 Å². The zero-order chi connectivity index (χ0) is 15.3. The first kappa shape index (κ1) is 16.0. The fourth-order valence-corrected chi connectivity index (χ4v) is 2.76. The van der Waals surface area contributed by atoms with Crippen LogP contribution >= 0.6 is 0 Å². The summed E-state index contributed by atoms with van der Waals surface area (Å²) < 4.78 is 5.66. The molecule has 0 saturated carbocycles. The van der Waals surface area contributed by atoms with E-state index in [1.165, 1.54) is 5.56 Å². The van der Waals surface area contributed by atoms with Gasteiger partial charge in [0.1, 0.15) is 0 Å². The maximum atomic E-state index is 12.2. The molecule has 2 unspecified atom stereocenters. The second-order valence-corrected chi connectivity index (χ2v) is 6.44. The molecular formula is C17H26N2O2. The van der Waals surface area contributed by atoms with Crippen molar-refractivity contribution in [3.05, 3.63) is 35.9 Å². The van der Waals surface area contributed by atoms with Crippen LogP contribution in [0.2, 0.25) is 0 Å². The number of carbonyl (C=O) groups excluding carboxylic acids is 1. The van der Waals surface area contributed by atoms with Crippen molar-refractivity contribution in [1.29, 1.82) is 0 Å². The maximum absolute atomic E-state index is 12.2. The van der Waals surface area contributed by atoms with Gasteiger partial charge < -0.3 is 15.8 Å². The molecule has 1 aromatic rings. The van der Waals surface area contributed by atoms with Gasteiger partial charge in [0, 0.05) is 12.6 Å². The molecule has 0 aromatic heterocycles. The van der Waals surface area contributed by atoms with Crippen molar-refractivity contribution in [2.24, 2.45) is 5.73 Å². The number of hydrogen-bond acceptors (Lipinski definition) is 3. The minimum absolute atomic E-state index is 0.0476. The van der Waals surface area contributed by atoms with Crippen molar-refractivity contribution in [3.63, 3.8) is 0 Å². The number of nitrogens with one attached hydrogen (secondary N) is 1. The summed E-state index contributed by atoms with van der Waals surface area (Å²) in [5, 5.41) is 3.07. The number of carbonyl (C=O) groups is 1. The van der Waals surface area contributed by atoms with Gasteiger partial charge in [-0.25, -0.2) is 0 Å². The number of hydrogen-bond donors (Lipinski definition) is 2. The van der Waals surface area contributed by atoms with E-state index in [-0.39, 0.29) is 17.6 Å². The van der Waals surface area contributed by atoms with E-state index in [1.54, 1.807) is 0 Å². The van der Waals surface area contributed by atoms with Crippen LogP contribution in [0.4, 0.5) is 0 Å². The Balaban J connectivity index is 1.77. The lowest BCUT2D eigenvalue weighted by atomic mass is 9.93. The summed E-state index contributed by atoms with van der Waals surface area (Å²) in [5.41, 5.74) is 7.06. The zero-order valence-corrected chi connectivity index (χ0v) is 13.0. The quantitative estimate of drug-likeness (QED) is 0.872. The van der Waals surface area contributed by atoms with Gasteiger partial charge in [0.15, 0.2) is 0 Å². The van der Waals surface area contributed by atoms with Crippen LogP contribution in [0.15, 0.2) is 30.3 Å². The molecule has 1 heterocycles. The molecule has 3 N–H and O–H groups in total. The summed E-state index contributed by atoms with van der Waals surface area (Å²) in [5.74, 6) is -0.0476. The Morgan fingerprint density at radius 1 is 1.43 bits per heavy atom. The third-order valence-electron chi connectivity index (χ3n) is 3.97. The number of nitrogens with two attached hydrogens (primary N) is 1. The Bertz CT molecular complexity index is 459. The average molecular weight is 290 g/mol. The van der Waals surface area contributed by atoms with Crippen molar-refractivity contribution in [2.45, 2.75) is 57.2 Å². The number of rotatable bonds is 5. The molecule has 2 rings (SSSR count). The van der Waals surface area contributed by atoms with E-state index in [1.807, 2.05) is 18.2 Å². The molecule has 116 valence electrons. The first-order chi connectivity index (χ1) is 9.96. The monoisotopic (exact) mass is 290 g/mol. The summed E-state index contributed by atoms with van der Waals surface area (Å²) in [7, 11) is 0. The largest absolute Gasteiger partial charge is 0.375 e. The molecule has 0 bridgehead atoms. The molecule has 0 radical (unpaired) electrons. The average Bonchev–Trinajstić information content (AvgIpc) is 2.44. The van der Waals surface area contributed by atoms with Crippen molar-refractivity contribution >= 4 is 5.91 Å². The van der Waals surface area contributed by atoms with Crippen LogP contribution in [-0.2, 0) is 16.0 Å². The lowest BCUT2D eigenvalue weighted by molar-refractivity contribution is -0.125. The molecule has 1 amide bonds. The van der Waals surface area contributed by atoms with Gasteiger partial charge in [0.25, 0.3) is 0 Å². The molecule has 4 heteroatoms. The minimum atomic E-state index is -0.448. The van der Waals surface area contributed by atoms with Gasteiger partial charge in [-0.2, -0.15) is 0 Å². The Hall–Kier alpha value is -1.39. The van der Waals surface area contributed by atoms with Crippen LogP contribution in [0.25, 0.3) is 0 Å². The van der Waals surface area contributed by atoms with Crippen LogP contribution in [0.3, 0.4) is 0 Å². The van der Waals surface area contributed by atoms with Crippen molar-refractivity contribution in [1.82, 2.24) is 5.32 Å². The second-order valence-electron chi connectivity index (χ2n) is 6.44. The van der Waals surface area contributed by atoms with E-state index in [4.69, 9.17) is 10.5 Å². The minimum Gasteiger partial charge on any atom is -0.375 e. The molecule has 1 saturated heterocycles. The summed E-state index contributed by atoms with van der Waals surface area (Å²) in [6.07, 6.45) is 3.20. The Morgan fingerprint density at radius 2 is 2.14 bits per heavy atom. The molecular weight excluding hydrogens is 264 g/mol. The van der Waals surface area contributed by atoms with E-state index in [2.05, 4.69) is 31.3 Å². The molecule has 4 nitrogen and oxygen atoms in total. The third-order valence-corrected chi connectivity index (χ3v) is 3.97. The molecule has 1 fully saturated rings. The van der Waals surface area contributed by atoms with Gasteiger partial charge in [-0.3, -0.25) is 4.79 Å². The highest BCUT2D eigenvalue weighted by atomic mass is 16.5. The summed E-state index contributed by atoms with van der Waals surface area (Å²) in [6, 6.07) is 9.84. The van der Waals surface area contributed by atoms with Gasteiger partial charge in [-0.15, -0.1) is 0 Å². The van der Waals surface area contributed by atoms with Gasteiger partial charge in [-0.05, 0) is 45.1 Å². The lowest BCUT2D eigenvalue weighted by Crippen LogP contribution is -2.50. The van der Waals surface area contributed by atoms with Crippen LogP contribution < -0.4 is 11.1 Å². The van der Waals surface area contributed by atoms with Crippen LogP contribution in [0, 0.1) is 0 Å². The van der Waals surface area contributed by atoms with E-state index in [9.17, 15) is 4.79 Å². The van der Waals surface area contributed by atoms with Crippen LogP contribution in [0.5, 0.6) is 0 Å². The fraction of sp³-hybridized carbons (Fsp3) is 0.588. The number of benzene rings is 1. The predicted molar refractivity (Wildman–Crippen MR) is 83.9 cm³/mol. The molecule has 1 aliphatic heterocycles.